The molecule has 1 aliphatic heterocycles. The Hall–Kier alpha value is -0.570. The number of unbranched alkanes of at least 4 members (excludes halogenated alkanes) is 7. The van der Waals surface area contributed by atoms with E-state index in [0.717, 1.165) is 18.4 Å². The first-order chi connectivity index (χ1) is 8.77. The van der Waals surface area contributed by atoms with Crippen LogP contribution in [0, 0.1) is 0 Å². The fourth-order valence-electron chi connectivity index (χ4n) is 2.15. The molecule has 1 aliphatic rings. The molecule has 1 rings (SSSR count). The van der Waals surface area contributed by atoms with E-state index in [-0.39, 0.29) is 5.97 Å². The summed E-state index contributed by atoms with van der Waals surface area (Å²) in [5.41, 5.74) is 1.03. The third kappa shape index (κ3) is 5.85. The normalized spacial score (nSPS) is 17.1. The van der Waals surface area contributed by atoms with Crippen LogP contribution in [0.15, 0.2) is 22.4 Å². The van der Waals surface area contributed by atoms with E-state index in [1.165, 1.54) is 44.9 Å². The molecule has 0 saturated heterocycles. The van der Waals surface area contributed by atoms with Gasteiger partial charge in [-0.3, -0.25) is 0 Å². The summed E-state index contributed by atoms with van der Waals surface area (Å²) in [5, 5.41) is 0. The molecule has 0 radical (unpaired) electrons. The second-order valence-electron chi connectivity index (χ2n) is 4.79. The summed E-state index contributed by atoms with van der Waals surface area (Å²) >= 11 is 3.22. The van der Waals surface area contributed by atoms with Crippen molar-refractivity contribution in [3.05, 3.63) is 22.4 Å². The summed E-state index contributed by atoms with van der Waals surface area (Å²) in [5.74, 6) is 0.443. The molecule has 102 valence electrons. The molecule has 1 heterocycles. The van der Waals surface area contributed by atoms with Crippen LogP contribution in [0.25, 0.3) is 0 Å². The van der Waals surface area contributed by atoms with Crippen molar-refractivity contribution in [2.75, 3.05) is 0 Å². The van der Waals surface area contributed by atoms with Gasteiger partial charge in [0.2, 0.25) is 0 Å². The van der Waals surface area contributed by atoms with Crippen LogP contribution < -0.4 is 0 Å². The van der Waals surface area contributed by atoms with E-state index in [1.54, 1.807) is 11.1 Å². The monoisotopic (exact) mass is 314 g/mol. The van der Waals surface area contributed by atoms with Gasteiger partial charge in [0.1, 0.15) is 5.76 Å². The molecule has 0 amide bonds. The van der Waals surface area contributed by atoms with Gasteiger partial charge >= 0.3 is 5.97 Å². The van der Waals surface area contributed by atoms with Gasteiger partial charge < -0.3 is 4.74 Å². The first-order valence-electron chi connectivity index (χ1n) is 7.01. The largest absolute Gasteiger partial charge is 0.423 e. The third-order valence-electron chi connectivity index (χ3n) is 3.22. The number of halogens is 1. The maximum atomic E-state index is 11.1. The van der Waals surface area contributed by atoms with E-state index in [1.807, 2.05) is 0 Å². The van der Waals surface area contributed by atoms with Gasteiger partial charge in [0.05, 0.1) is 0 Å². The molecule has 0 aliphatic carbocycles. The lowest BCUT2D eigenvalue weighted by Gasteiger charge is -2.03. The second kappa shape index (κ2) is 9.37. The molecule has 0 bridgehead atoms. The van der Waals surface area contributed by atoms with Crippen LogP contribution in [0.3, 0.4) is 0 Å². The lowest BCUT2D eigenvalue weighted by molar-refractivity contribution is -0.132. The van der Waals surface area contributed by atoms with E-state index in [4.69, 9.17) is 4.74 Å². The Morgan fingerprint density at radius 1 is 1.11 bits per heavy atom. The Morgan fingerprint density at radius 3 is 2.33 bits per heavy atom. The topological polar surface area (TPSA) is 26.3 Å². The average Bonchev–Trinajstić information content (AvgIpc) is 2.73. The Morgan fingerprint density at radius 2 is 1.72 bits per heavy atom. The molecule has 0 atom stereocenters. The smallest absolute Gasteiger partial charge is 0.336 e. The molecule has 0 aromatic carbocycles. The van der Waals surface area contributed by atoms with Crippen LogP contribution in [0.1, 0.15) is 64.7 Å². The molecule has 0 aromatic rings. The van der Waals surface area contributed by atoms with Gasteiger partial charge in [0.15, 0.2) is 0 Å². The zero-order valence-electron chi connectivity index (χ0n) is 11.2. The van der Waals surface area contributed by atoms with Crippen LogP contribution >= 0.6 is 15.9 Å². The summed E-state index contributed by atoms with van der Waals surface area (Å²) in [6.07, 6.45) is 13.0. The SMILES string of the molecule is CCCCCCCCCCC1=CC(=O)O/C1=C\Br. The van der Waals surface area contributed by atoms with Crippen LogP contribution in [0.4, 0.5) is 0 Å². The van der Waals surface area contributed by atoms with Crippen LogP contribution in [-0.4, -0.2) is 5.97 Å². The van der Waals surface area contributed by atoms with E-state index >= 15 is 0 Å². The number of hydrogen-bond acceptors (Lipinski definition) is 2. The number of carbonyl (C=O) groups excluding carboxylic acids is 1. The van der Waals surface area contributed by atoms with Crippen molar-refractivity contribution in [3.8, 4) is 0 Å². The van der Waals surface area contributed by atoms with Crippen LogP contribution in [-0.2, 0) is 9.53 Å². The van der Waals surface area contributed by atoms with Crippen molar-refractivity contribution in [1.82, 2.24) is 0 Å². The molecular formula is C15H23BrO2. The van der Waals surface area contributed by atoms with Gasteiger partial charge in [-0.05, 0) is 12.8 Å². The lowest BCUT2D eigenvalue weighted by Crippen LogP contribution is -1.90. The van der Waals surface area contributed by atoms with E-state index in [0.29, 0.717) is 5.76 Å². The van der Waals surface area contributed by atoms with Gasteiger partial charge in [0, 0.05) is 16.6 Å². The highest BCUT2D eigenvalue weighted by atomic mass is 79.9. The van der Waals surface area contributed by atoms with Gasteiger partial charge in [0.25, 0.3) is 0 Å². The number of hydrogen-bond donors (Lipinski definition) is 0. The summed E-state index contributed by atoms with van der Waals surface area (Å²) in [6, 6.07) is 0. The summed E-state index contributed by atoms with van der Waals surface area (Å²) in [7, 11) is 0. The standard InChI is InChI=1S/C15H23BrO2/c1-2-3-4-5-6-7-8-9-10-13-11-15(17)18-14(13)12-16/h11-12H,2-10H2,1H3/b14-12-. The van der Waals surface area contributed by atoms with Gasteiger partial charge in [-0.2, -0.15) is 0 Å². The molecule has 0 saturated carbocycles. The summed E-state index contributed by atoms with van der Waals surface area (Å²) in [4.78, 5) is 12.8. The number of carbonyl (C=O) groups is 1. The highest BCUT2D eigenvalue weighted by Crippen LogP contribution is 2.26. The predicted octanol–water partition coefficient (Wildman–Crippen LogP) is 5.24. The predicted molar refractivity (Wildman–Crippen MR) is 78.4 cm³/mol. The highest BCUT2D eigenvalue weighted by Gasteiger charge is 2.18. The zero-order valence-corrected chi connectivity index (χ0v) is 12.8. The number of esters is 1. The van der Waals surface area contributed by atoms with Crippen molar-refractivity contribution in [1.29, 1.82) is 0 Å². The molecule has 0 spiro atoms. The van der Waals surface area contributed by atoms with Crippen molar-refractivity contribution < 1.29 is 9.53 Å². The Labute approximate surface area is 119 Å². The lowest BCUT2D eigenvalue weighted by atomic mass is 10.0. The molecule has 0 unspecified atom stereocenters. The molecule has 0 N–H and O–H groups in total. The van der Waals surface area contributed by atoms with Crippen molar-refractivity contribution >= 4 is 21.9 Å². The maximum absolute atomic E-state index is 11.1. The molecule has 3 heteroatoms. The summed E-state index contributed by atoms with van der Waals surface area (Å²) < 4.78 is 5.03. The van der Waals surface area contributed by atoms with E-state index < -0.39 is 0 Å². The zero-order chi connectivity index (χ0) is 13.2. The van der Waals surface area contributed by atoms with Gasteiger partial charge in [-0.1, -0.05) is 67.8 Å². The molecular weight excluding hydrogens is 292 g/mol. The minimum Gasteiger partial charge on any atom is -0.423 e. The summed E-state index contributed by atoms with van der Waals surface area (Å²) in [6.45, 7) is 2.24. The quantitative estimate of drug-likeness (QED) is 0.430. The second-order valence-corrected chi connectivity index (χ2v) is 5.25. The van der Waals surface area contributed by atoms with Crippen molar-refractivity contribution in [3.63, 3.8) is 0 Å². The molecule has 0 fully saturated rings. The first-order valence-corrected chi connectivity index (χ1v) is 7.92. The average molecular weight is 315 g/mol. The van der Waals surface area contributed by atoms with E-state index in [2.05, 4.69) is 22.9 Å². The van der Waals surface area contributed by atoms with E-state index in [9.17, 15) is 4.79 Å². The number of rotatable bonds is 9. The Bertz CT molecular complexity index is 318. The van der Waals surface area contributed by atoms with Crippen molar-refractivity contribution in [2.45, 2.75) is 64.7 Å². The molecule has 0 aromatic heterocycles. The van der Waals surface area contributed by atoms with Gasteiger partial charge in [-0.25, -0.2) is 4.79 Å². The Kier molecular flexibility index (Phi) is 8.06. The number of ether oxygens (including phenoxy) is 1. The molecule has 2 nitrogen and oxygen atoms in total. The first kappa shape index (κ1) is 15.5. The number of cyclic esters (lactones) is 1. The van der Waals surface area contributed by atoms with Gasteiger partial charge in [-0.15, -0.1) is 0 Å². The maximum Gasteiger partial charge on any atom is 0.336 e. The minimum absolute atomic E-state index is 0.240. The molecule has 18 heavy (non-hydrogen) atoms. The third-order valence-corrected chi connectivity index (χ3v) is 3.63. The minimum atomic E-state index is -0.240. The fraction of sp³-hybridized carbons (Fsp3) is 0.667. The fourth-order valence-corrected chi connectivity index (χ4v) is 2.54. The van der Waals surface area contributed by atoms with Crippen LogP contribution in [0.2, 0.25) is 0 Å². The Balaban J connectivity index is 2.04. The highest BCUT2D eigenvalue weighted by molar-refractivity contribution is 9.11. The van der Waals surface area contributed by atoms with Crippen LogP contribution in [0.5, 0.6) is 0 Å². The van der Waals surface area contributed by atoms with Crippen molar-refractivity contribution in [2.24, 2.45) is 0 Å². The number of allylic oxidation sites excluding steroid dienone is 1.